The number of nitrogens with zero attached hydrogens (tertiary/aromatic N) is 1. The molecule has 0 atom stereocenters. The van der Waals surface area contributed by atoms with Gasteiger partial charge >= 0.3 is 14.6 Å². The van der Waals surface area contributed by atoms with Crippen LogP contribution < -0.4 is 10.6 Å². The topological polar surface area (TPSA) is 72.5 Å². The third kappa shape index (κ3) is 6.13. The summed E-state index contributed by atoms with van der Waals surface area (Å²) in [7, 11) is 1.32. The lowest BCUT2D eigenvalue weighted by atomic mass is 10.3. The Balaban J connectivity index is 2.15. The number of rotatable bonds is 8. The Kier molecular flexibility index (Phi) is 7.20. The molecule has 0 unspecified atom stereocenters. The Hall–Kier alpha value is -1.44. The second-order valence-electron chi connectivity index (χ2n) is 4.58. The van der Waals surface area contributed by atoms with Gasteiger partial charge in [0.25, 0.3) is 0 Å². The Morgan fingerprint density at radius 1 is 1.30 bits per heavy atom. The van der Waals surface area contributed by atoms with Crippen molar-refractivity contribution in [2.45, 2.75) is 25.6 Å². The molecule has 0 saturated heterocycles. The van der Waals surface area contributed by atoms with Crippen molar-refractivity contribution in [3.05, 3.63) is 30.1 Å². The van der Waals surface area contributed by atoms with Crippen LogP contribution in [0.2, 0.25) is 12.6 Å². The predicted molar refractivity (Wildman–Crippen MR) is 79.5 cm³/mol. The average molecular weight is 297 g/mol. The minimum atomic E-state index is -2.02. The van der Waals surface area contributed by atoms with Gasteiger partial charge in [0.1, 0.15) is 0 Å². The molecule has 1 heterocycles. The van der Waals surface area contributed by atoms with E-state index in [9.17, 15) is 4.79 Å². The SMILES string of the molecule is CO[Si](C)(CCCNC(=O)NCc1ccccn1)OC. The fourth-order valence-corrected chi connectivity index (χ4v) is 3.03. The van der Waals surface area contributed by atoms with Gasteiger partial charge in [-0.1, -0.05) is 6.07 Å². The van der Waals surface area contributed by atoms with Crippen LogP contribution in [0.3, 0.4) is 0 Å². The minimum Gasteiger partial charge on any atom is -0.398 e. The van der Waals surface area contributed by atoms with Gasteiger partial charge in [0.15, 0.2) is 0 Å². The van der Waals surface area contributed by atoms with Crippen LogP contribution >= 0.6 is 0 Å². The van der Waals surface area contributed by atoms with Crippen molar-refractivity contribution in [1.29, 1.82) is 0 Å². The summed E-state index contributed by atoms with van der Waals surface area (Å²) < 4.78 is 10.8. The van der Waals surface area contributed by atoms with E-state index < -0.39 is 8.56 Å². The van der Waals surface area contributed by atoms with Gasteiger partial charge in [-0.3, -0.25) is 4.98 Å². The van der Waals surface area contributed by atoms with E-state index in [0.29, 0.717) is 13.1 Å². The normalized spacial score (nSPS) is 11.2. The molecule has 0 aliphatic heterocycles. The molecule has 0 radical (unpaired) electrons. The molecule has 112 valence electrons. The molecule has 2 amide bonds. The Labute approximate surface area is 121 Å². The zero-order valence-electron chi connectivity index (χ0n) is 12.3. The molecule has 0 spiro atoms. The standard InChI is InChI=1S/C13H23N3O3Si/c1-18-20(3,19-2)10-6-9-15-13(17)16-11-12-7-4-5-8-14-12/h4-5,7-8H,6,9-11H2,1-3H3,(H2,15,16,17). The monoisotopic (exact) mass is 297 g/mol. The molecule has 0 bridgehead atoms. The van der Waals surface area contributed by atoms with Crippen molar-refractivity contribution in [1.82, 2.24) is 15.6 Å². The van der Waals surface area contributed by atoms with Gasteiger partial charge < -0.3 is 19.5 Å². The highest BCUT2D eigenvalue weighted by molar-refractivity contribution is 6.65. The highest BCUT2D eigenvalue weighted by atomic mass is 28.4. The number of carbonyl (C=O) groups excluding carboxylic acids is 1. The van der Waals surface area contributed by atoms with Crippen LogP contribution in [-0.4, -0.2) is 40.3 Å². The van der Waals surface area contributed by atoms with Crippen molar-refractivity contribution < 1.29 is 13.6 Å². The van der Waals surface area contributed by atoms with Crippen molar-refractivity contribution >= 4 is 14.6 Å². The molecule has 0 fully saturated rings. The lowest BCUT2D eigenvalue weighted by molar-refractivity contribution is 0.238. The summed E-state index contributed by atoms with van der Waals surface area (Å²) in [5, 5.41) is 5.57. The first-order valence-electron chi connectivity index (χ1n) is 6.61. The molecule has 1 aromatic rings. The van der Waals surface area contributed by atoms with Crippen molar-refractivity contribution in [3.8, 4) is 0 Å². The van der Waals surface area contributed by atoms with E-state index in [4.69, 9.17) is 8.85 Å². The Bertz CT molecular complexity index is 399. The molecule has 2 N–H and O–H groups in total. The number of hydrogen-bond donors (Lipinski definition) is 2. The molecule has 1 rings (SSSR count). The van der Waals surface area contributed by atoms with Gasteiger partial charge in [0.2, 0.25) is 0 Å². The Morgan fingerprint density at radius 3 is 2.65 bits per heavy atom. The molecular formula is C13H23N3O3Si. The van der Waals surface area contributed by atoms with Gasteiger partial charge in [-0.15, -0.1) is 0 Å². The van der Waals surface area contributed by atoms with Crippen LogP contribution in [0.5, 0.6) is 0 Å². The van der Waals surface area contributed by atoms with Crippen LogP contribution in [0.25, 0.3) is 0 Å². The largest absolute Gasteiger partial charge is 0.398 e. The zero-order chi connectivity index (χ0) is 14.8. The van der Waals surface area contributed by atoms with Crippen LogP contribution in [0.1, 0.15) is 12.1 Å². The van der Waals surface area contributed by atoms with Gasteiger partial charge in [-0.25, -0.2) is 4.79 Å². The van der Waals surface area contributed by atoms with Crippen LogP contribution in [0.4, 0.5) is 4.79 Å². The van der Waals surface area contributed by atoms with Crippen LogP contribution in [0, 0.1) is 0 Å². The number of nitrogens with one attached hydrogen (secondary N) is 2. The second-order valence-corrected chi connectivity index (χ2v) is 8.16. The van der Waals surface area contributed by atoms with Crippen molar-refractivity contribution in [3.63, 3.8) is 0 Å². The van der Waals surface area contributed by atoms with E-state index in [1.54, 1.807) is 20.4 Å². The quantitative estimate of drug-likeness (QED) is 0.565. The number of urea groups is 1. The molecule has 0 aromatic carbocycles. The summed E-state index contributed by atoms with van der Waals surface area (Å²) >= 11 is 0. The minimum absolute atomic E-state index is 0.186. The first-order valence-corrected chi connectivity index (χ1v) is 9.14. The average Bonchev–Trinajstić information content (AvgIpc) is 2.50. The van der Waals surface area contributed by atoms with E-state index in [2.05, 4.69) is 15.6 Å². The van der Waals surface area contributed by atoms with Crippen molar-refractivity contribution in [2.24, 2.45) is 0 Å². The third-order valence-corrected chi connectivity index (χ3v) is 6.10. The summed E-state index contributed by atoms with van der Waals surface area (Å²) in [5.41, 5.74) is 0.835. The maximum absolute atomic E-state index is 11.6. The van der Waals surface area contributed by atoms with Crippen LogP contribution in [-0.2, 0) is 15.4 Å². The number of pyridine rings is 1. The summed E-state index contributed by atoms with van der Waals surface area (Å²) in [6.07, 6.45) is 2.54. The first kappa shape index (κ1) is 16.6. The highest BCUT2D eigenvalue weighted by Crippen LogP contribution is 2.12. The lowest BCUT2D eigenvalue weighted by Gasteiger charge is -2.22. The molecule has 7 heteroatoms. The summed E-state index contributed by atoms with van der Waals surface area (Å²) in [6, 6.07) is 6.27. The number of aromatic nitrogens is 1. The fraction of sp³-hybridized carbons (Fsp3) is 0.538. The molecule has 6 nitrogen and oxygen atoms in total. The third-order valence-electron chi connectivity index (χ3n) is 3.11. The molecule has 0 aliphatic carbocycles. The van der Waals surface area contributed by atoms with Crippen molar-refractivity contribution in [2.75, 3.05) is 20.8 Å². The summed E-state index contributed by atoms with van der Waals surface area (Å²) in [5.74, 6) is 0. The maximum Gasteiger partial charge on any atom is 0.334 e. The molecule has 20 heavy (non-hydrogen) atoms. The number of carbonyl (C=O) groups is 1. The molecule has 0 aliphatic rings. The molecule has 0 saturated carbocycles. The fourth-order valence-electron chi connectivity index (χ4n) is 1.63. The van der Waals surface area contributed by atoms with Gasteiger partial charge in [-0.2, -0.15) is 0 Å². The lowest BCUT2D eigenvalue weighted by Crippen LogP contribution is -2.39. The van der Waals surface area contributed by atoms with Crippen LogP contribution in [0.15, 0.2) is 24.4 Å². The number of amides is 2. The van der Waals surface area contributed by atoms with E-state index in [1.165, 1.54) is 0 Å². The number of hydrogen-bond acceptors (Lipinski definition) is 4. The Morgan fingerprint density at radius 2 is 2.05 bits per heavy atom. The zero-order valence-corrected chi connectivity index (χ0v) is 13.3. The van der Waals surface area contributed by atoms with E-state index >= 15 is 0 Å². The van der Waals surface area contributed by atoms with Gasteiger partial charge in [0, 0.05) is 27.0 Å². The molecule has 1 aromatic heterocycles. The van der Waals surface area contributed by atoms with E-state index in [-0.39, 0.29) is 6.03 Å². The van der Waals surface area contributed by atoms with E-state index in [1.807, 2.05) is 24.7 Å². The predicted octanol–water partition coefficient (Wildman–Crippen LogP) is 1.64. The van der Waals surface area contributed by atoms with Gasteiger partial charge in [-0.05, 0) is 31.1 Å². The second kappa shape index (κ2) is 8.67. The maximum atomic E-state index is 11.6. The summed E-state index contributed by atoms with van der Waals surface area (Å²) in [4.78, 5) is 15.7. The first-order chi connectivity index (χ1) is 9.59. The van der Waals surface area contributed by atoms with Gasteiger partial charge in [0.05, 0.1) is 12.2 Å². The van der Waals surface area contributed by atoms with E-state index in [0.717, 1.165) is 18.2 Å². The highest BCUT2D eigenvalue weighted by Gasteiger charge is 2.27. The molecular weight excluding hydrogens is 274 g/mol. The summed E-state index contributed by atoms with van der Waals surface area (Å²) in [6.45, 7) is 3.03. The smallest absolute Gasteiger partial charge is 0.334 e.